The Labute approximate surface area is 171 Å². The molecule has 2 atom stereocenters. The lowest BCUT2D eigenvalue weighted by molar-refractivity contribution is 0.170. The number of pyridine rings is 1. The van der Waals surface area contributed by atoms with Gasteiger partial charge in [0.25, 0.3) is 0 Å². The number of fused-ring (bicyclic) bond motifs is 1. The second-order valence-corrected chi connectivity index (χ2v) is 6.27. The summed E-state index contributed by atoms with van der Waals surface area (Å²) in [5, 5.41) is 14.8. The predicted molar refractivity (Wildman–Crippen MR) is 114 cm³/mol. The Hall–Kier alpha value is -1.99. The molecule has 148 valence electrons. The molecule has 0 saturated carbocycles. The van der Waals surface area contributed by atoms with Gasteiger partial charge in [-0.2, -0.15) is 0 Å². The van der Waals surface area contributed by atoms with E-state index in [0.717, 1.165) is 28.6 Å². The molecule has 27 heavy (non-hydrogen) atoms. The highest BCUT2D eigenvalue weighted by molar-refractivity contribution is 5.86. The van der Waals surface area contributed by atoms with Crippen LogP contribution in [0.15, 0.2) is 42.7 Å². The molecule has 3 aromatic rings. The number of nitrogens with one attached hydrogen (secondary N) is 2. The molecule has 2 aromatic heterocycles. The summed E-state index contributed by atoms with van der Waals surface area (Å²) >= 11 is 0. The molecule has 0 aliphatic carbocycles. The van der Waals surface area contributed by atoms with Crippen LogP contribution >= 0.6 is 24.8 Å². The average molecular weight is 413 g/mol. The topological polar surface area (TPSA) is 96.2 Å². The SMILES string of the molecule is COc1ccc2[nH]cc(C[C@H](C)NC[C@H](O)c3ccc(N)nc3)c2c1.Cl.Cl. The molecular formula is C19H26Cl2N4O2. The van der Waals surface area contributed by atoms with E-state index in [9.17, 15) is 5.11 Å². The van der Waals surface area contributed by atoms with E-state index in [4.69, 9.17) is 10.5 Å². The van der Waals surface area contributed by atoms with Gasteiger partial charge in [-0.1, -0.05) is 6.07 Å². The lowest BCUT2D eigenvalue weighted by Crippen LogP contribution is -2.32. The zero-order valence-corrected chi connectivity index (χ0v) is 16.9. The van der Waals surface area contributed by atoms with Crippen LogP contribution < -0.4 is 15.8 Å². The van der Waals surface area contributed by atoms with Gasteiger partial charge >= 0.3 is 0 Å². The second-order valence-electron chi connectivity index (χ2n) is 6.27. The third-order valence-electron chi connectivity index (χ3n) is 4.35. The number of anilines is 1. The Morgan fingerprint density at radius 2 is 2.04 bits per heavy atom. The van der Waals surface area contributed by atoms with E-state index >= 15 is 0 Å². The van der Waals surface area contributed by atoms with Crippen LogP contribution in [0.2, 0.25) is 0 Å². The standard InChI is InChI=1S/C19H24N4O2.2ClH/c1-12(21-11-18(24)13-3-6-19(20)23-9-13)7-14-10-22-17-5-4-15(25-2)8-16(14)17;;/h3-6,8-10,12,18,21-22,24H,7,11H2,1-2H3,(H2,20,23);2*1H/t12-,18-;;/m0../s1. The summed E-state index contributed by atoms with van der Waals surface area (Å²) in [5.41, 5.74) is 8.64. The molecule has 0 aliphatic heterocycles. The Morgan fingerprint density at radius 3 is 2.70 bits per heavy atom. The van der Waals surface area contributed by atoms with Crippen LogP contribution in [0.1, 0.15) is 24.2 Å². The first-order valence-electron chi connectivity index (χ1n) is 8.33. The first-order valence-corrected chi connectivity index (χ1v) is 8.33. The van der Waals surface area contributed by atoms with Crippen LogP contribution in [0.25, 0.3) is 10.9 Å². The van der Waals surface area contributed by atoms with E-state index < -0.39 is 6.10 Å². The van der Waals surface area contributed by atoms with E-state index in [1.165, 1.54) is 5.56 Å². The molecule has 2 heterocycles. The van der Waals surface area contributed by atoms with Gasteiger partial charge in [0.1, 0.15) is 11.6 Å². The van der Waals surface area contributed by atoms with Crippen molar-refractivity contribution in [1.82, 2.24) is 15.3 Å². The summed E-state index contributed by atoms with van der Waals surface area (Å²) in [5.74, 6) is 1.30. The van der Waals surface area contributed by atoms with Crippen molar-refractivity contribution in [2.45, 2.75) is 25.5 Å². The van der Waals surface area contributed by atoms with Crippen LogP contribution in [0, 0.1) is 0 Å². The predicted octanol–water partition coefficient (Wildman–Crippen LogP) is 3.25. The molecule has 0 aliphatic rings. The Bertz CT molecular complexity index is 839. The number of nitrogens with zero attached hydrogens (tertiary/aromatic N) is 1. The van der Waals surface area contributed by atoms with Crippen LogP contribution in [0.5, 0.6) is 5.75 Å². The molecule has 0 saturated heterocycles. The minimum atomic E-state index is -0.612. The number of aromatic amines is 1. The first-order chi connectivity index (χ1) is 12.1. The molecular weight excluding hydrogens is 387 g/mol. The molecule has 0 radical (unpaired) electrons. The quantitative estimate of drug-likeness (QED) is 0.477. The van der Waals surface area contributed by atoms with Crippen molar-refractivity contribution in [2.24, 2.45) is 0 Å². The van der Waals surface area contributed by atoms with Crippen LogP contribution in [-0.2, 0) is 6.42 Å². The monoisotopic (exact) mass is 412 g/mol. The van der Waals surface area contributed by atoms with E-state index in [2.05, 4.69) is 22.2 Å². The molecule has 0 unspecified atom stereocenters. The first kappa shape index (κ1) is 23.0. The number of methoxy groups -OCH3 is 1. The summed E-state index contributed by atoms with van der Waals surface area (Å²) in [7, 11) is 1.67. The number of H-pyrrole nitrogens is 1. The highest BCUT2D eigenvalue weighted by Crippen LogP contribution is 2.24. The van der Waals surface area contributed by atoms with Gasteiger partial charge < -0.3 is 25.9 Å². The molecule has 1 aromatic carbocycles. The Balaban J connectivity index is 0.00000182. The smallest absolute Gasteiger partial charge is 0.123 e. The number of hydrogen-bond donors (Lipinski definition) is 4. The summed E-state index contributed by atoms with van der Waals surface area (Å²) in [6.45, 7) is 2.56. The van der Waals surface area contributed by atoms with Gasteiger partial charge in [0.2, 0.25) is 0 Å². The fraction of sp³-hybridized carbons (Fsp3) is 0.316. The highest BCUT2D eigenvalue weighted by atomic mass is 35.5. The Kier molecular flexibility index (Phi) is 8.85. The van der Waals surface area contributed by atoms with E-state index in [-0.39, 0.29) is 30.9 Å². The van der Waals surface area contributed by atoms with Gasteiger partial charge in [-0.3, -0.25) is 0 Å². The number of aromatic nitrogens is 2. The number of benzene rings is 1. The van der Waals surface area contributed by atoms with Gasteiger partial charge in [-0.25, -0.2) is 4.98 Å². The summed E-state index contributed by atoms with van der Waals surface area (Å²) < 4.78 is 5.31. The van der Waals surface area contributed by atoms with Crippen LogP contribution in [-0.4, -0.2) is 34.8 Å². The molecule has 8 heteroatoms. The van der Waals surface area contributed by atoms with Crippen molar-refractivity contribution < 1.29 is 9.84 Å². The number of halogens is 2. The van der Waals surface area contributed by atoms with Crippen LogP contribution in [0.3, 0.4) is 0 Å². The molecule has 3 rings (SSSR count). The van der Waals surface area contributed by atoms with Crippen molar-refractivity contribution in [3.63, 3.8) is 0 Å². The molecule has 6 nitrogen and oxygen atoms in total. The Morgan fingerprint density at radius 1 is 1.26 bits per heavy atom. The minimum Gasteiger partial charge on any atom is -0.497 e. The number of aliphatic hydroxyl groups excluding tert-OH is 1. The average Bonchev–Trinajstić information content (AvgIpc) is 3.02. The van der Waals surface area contributed by atoms with Gasteiger partial charge in [0.05, 0.1) is 13.2 Å². The van der Waals surface area contributed by atoms with Gasteiger partial charge in [0, 0.05) is 41.4 Å². The summed E-state index contributed by atoms with van der Waals surface area (Å²) in [4.78, 5) is 7.30. The number of rotatable bonds is 7. The molecule has 5 N–H and O–H groups in total. The van der Waals surface area contributed by atoms with Crippen molar-refractivity contribution in [3.05, 3.63) is 53.9 Å². The maximum absolute atomic E-state index is 10.3. The van der Waals surface area contributed by atoms with Crippen molar-refractivity contribution in [3.8, 4) is 5.75 Å². The lowest BCUT2D eigenvalue weighted by atomic mass is 10.1. The lowest BCUT2D eigenvalue weighted by Gasteiger charge is -2.17. The number of nitrogens with two attached hydrogens (primary N) is 1. The zero-order chi connectivity index (χ0) is 17.8. The normalized spacial score (nSPS) is 12.7. The number of hydrogen-bond acceptors (Lipinski definition) is 5. The maximum Gasteiger partial charge on any atom is 0.123 e. The van der Waals surface area contributed by atoms with E-state index in [1.807, 2.05) is 24.4 Å². The number of aliphatic hydroxyl groups is 1. The summed E-state index contributed by atoms with van der Waals surface area (Å²) in [6, 6.07) is 9.71. The third-order valence-corrected chi connectivity index (χ3v) is 4.35. The molecule has 0 spiro atoms. The number of ether oxygens (including phenoxy) is 1. The largest absolute Gasteiger partial charge is 0.497 e. The zero-order valence-electron chi connectivity index (χ0n) is 15.3. The molecule has 0 amide bonds. The fourth-order valence-electron chi connectivity index (χ4n) is 2.90. The maximum atomic E-state index is 10.3. The minimum absolute atomic E-state index is 0. The summed E-state index contributed by atoms with van der Waals surface area (Å²) in [6.07, 6.45) is 3.87. The van der Waals surface area contributed by atoms with Crippen LogP contribution in [0.4, 0.5) is 5.82 Å². The van der Waals surface area contributed by atoms with Gasteiger partial charge in [-0.05, 0) is 43.2 Å². The third kappa shape index (κ3) is 5.74. The van der Waals surface area contributed by atoms with E-state index in [1.54, 1.807) is 25.4 Å². The number of nitrogen functional groups attached to an aromatic ring is 1. The molecule has 0 fully saturated rings. The van der Waals surface area contributed by atoms with Gasteiger partial charge in [0.15, 0.2) is 0 Å². The molecule has 0 bridgehead atoms. The highest BCUT2D eigenvalue weighted by Gasteiger charge is 2.12. The second kappa shape index (κ2) is 10.4. The van der Waals surface area contributed by atoms with Crippen molar-refractivity contribution >= 4 is 41.5 Å². The van der Waals surface area contributed by atoms with Crippen molar-refractivity contribution in [1.29, 1.82) is 0 Å². The fourth-order valence-corrected chi connectivity index (χ4v) is 2.90. The van der Waals surface area contributed by atoms with Gasteiger partial charge in [-0.15, -0.1) is 24.8 Å². The van der Waals surface area contributed by atoms with E-state index in [0.29, 0.717) is 12.4 Å². The van der Waals surface area contributed by atoms with Crippen molar-refractivity contribution in [2.75, 3.05) is 19.4 Å².